The molecule has 12 nitrogen and oxygen atoms in total. The van der Waals surface area contributed by atoms with Gasteiger partial charge in [0.15, 0.2) is 6.61 Å². The maximum Gasteiger partial charge on any atom is 0.259 e. The molecule has 1 fully saturated rings. The summed E-state index contributed by atoms with van der Waals surface area (Å²) in [7, 11) is 3.44. The summed E-state index contributed by atoms with van der Waals surface area (Å²) in [5, 5.41) is 10.4. The topological polar surface area (TPSA) is 128 Å². The van der Waals surface area contributed by atoms with Crippen LogP contribution >= 0.6 is 0 Å². The maximum absolute atomic E-state index is 13.9. The summed E-state index contributed by atoms with van der Waals surface area (Å²) in [6, 6.07) is 19.4. The molecule has 3 aliphatic rings. The van der Waals surface area contributed by atoms with Crippen LogP contribution in [0.15, 0.2) is 85.3 Å². The summed E-state index contributed by atoms with van der Waals surface area (Å²) in [4.78, 5) is 42.0. The molecule has 0 unspecified atom stereocenters. The second-order valence-electron chi connectivity index (χ2n) is 11.7. The van der Waals surface area contributed by atoms with Gasteiger partial charge in [0, 0.05) is 56.6 Å². The van der Waals surface area contributed by atoms with Crippen LogP contribution in [0.2, 0.25) is 0 Å². The number of carbonyl (C=O) groups is 3. The first kappa shape index (κ1) is 29.9. The SMILES string of the molecule is COc1ccc2cc1-c1cccc(c1)OCC(=O)NCc1ccc(cc1)O[C@@H]1CCN(C(=O)c3cnn4ccn(C)c34)C[C@H]1NC2=O. The Kier molecular flexibility index (Phi) is 7.98. The van der Waals surface area contributed by atoms with Gasteiger partial charge in [0.05, 0.1) is 19.3 Å². The van der Waals surface area contributed by atoms with Crippen molar-refractivity contribution in [2.45, 2.75) is 25.1 Å². The third-order valence-corrected chi connectivity index (χ3v) is 8.60. The fraction of sp³-hybridized carbons (Fsp3) is 0.257. The van der Waals surface area contributed by atoms with Crippen LogP contribution in [0.1, 0.15) is 32.7 Å². The van der Waals surface area contributed by atoms with Gasteiger partial charge in [0.2, 0.25) is 0 Å². The predicted octanol–water partition coefficient (Wildman–Crippen LogP) is 3.45. The molecular formula is C35H34N6O6. The number of aryl methyl sites for hydroxylation is 1. The van der Waals surface area contributed by atoms with Crippen molar-refractivity contribution in [1.29, 1.82) is 0 Å². The summed E-state index contributed by atoms with van der Waals surface area (Å²) in [6.45, 7) is 0.857. The van der Waals surface area contributed by atoms with Gasteiger partial charge in [-0.2, -0.15) is 5.10 Å². The van der Waals surface area contributed by atoms with E-state index in [1.165, 1.54) is 0 Å². The molecular weight excluding hydrogens is 600 g/mol. The van der Waals surface area contributed by atoms with E-state index in [1.807, 2.05) is 54.2 Å². The number of hydrogen-bond donors (Lipinski definition) is 2. The van der Waals surface area contributed by atoms with Crippen molar-refractivity contribution in [2.24, 2.45) is 7.05 Å². The number of methoxy groups -OCH3 is 1. The molecule has 3 aromatic carbocycles. The van der Waals surface area contributed by atoms with Gasteiger partial charge in [-0.05, 0) is 53.6 Å². The maximum atomic E-state index is 13.9. The normalized spacial score (nSPS) is 18.4. The smallest absolute Gasteiger partial charge is 0.259 e. The molecule has 2 aromatic heterocycles. The quantitative estimate of drug-likeness (QED) is 0.305. The third kappa shape index (κ3) is 6.09. The second-order valence-corrected chi connectivity index (χ2v) is 11.7. The van der Waals surface area contributed by atoms with E-state index in [4.69, 9.17) is 14.2 Å². The van der Waals surface area contributed by atoms with Crippen LogP contribution in [-0.2, 0) is 18.4 Å². The van der Waals surface area contributed by atoms with Gasteiger partial charge in [-0.25, -0.2) is 4.52 Å². The second kappa shape index (κ2) is 12.5. The Balaban J connectivity index is 1.22. The molecule has 240 valence electrons. The van der Waals surface area contributed by atoms with E-state index in [0.717, 1.165) is 11.1 Å². The summed E-state index contributed by atoms with van der Waals surface area (Å²) < 4.78 is 21.4. The number of hydrogen-bond acceptors (Lipinski definition) is 7. The number of amides is 3. The number of imidazole rings is 1. The monoisotopic (exact) mass is 634 g/mol. The molecule has 0 radical (unpaired) electrons. The van der Waals surface area contributed by atoms with Gasteiger partial charge in [0.25, 0.3) is 17.7 Å². The van der Waals surface area contributed by atoms with Gasteiger partial charge >= 0.3 is 0 Å². The zero-order chi connectivity index (χ0) is 32.5. The van der Waals surface area contributed by atoms with E-state index in [1.54, 1.807) is 59.3 Å². The Hall–Kier alpha value is -5.78. The minimum Gasteiger partial charge on any atom is -0.496 e. The van der Waals surface area contributed by atoms with Crippen molar-refractivity contribution in [1.82, 2.24) is 29.7 Å². The van der Waals surface area contributed by atoms with Crippen LogP contribution in [0.4, 0.5) is 0 Å². The highest BCUT2D eigenvalue weighted by molar-refractivity contribution is 6.00. The van der Waals surface area contributed by atoms with Crippen molar-refractivity contribution in [3.63, 3.8) is 0 Å². The van der Waals surface area contributed by atoms with Gasteiger partial charge < -0.3 is 34.3 Å². The number of benzene rings is 3. The highest BCUT2D eigenvalue weighted by Crippen LogP contribution is 2.33. The molecule has 0 saturated carbocycles. The summed E-state index contributed by atoms with van der Waals surface area (Å²) in [6.07, 6.45) is 5.31. The van der Waals surface area contributed by atoms with Crippen LogP contribution < -0.4 is 24.8 Å². The summed E-state index contributed by atoms with van der Waals surface area (Å²) in [5.74, 6) is 0.965. The molecule has 3 aliphatic heterocycles. The van der Waals surface area contributed by atoms with Crippen LogP contribution in [0, 0.1) is 0 Å². The number of nitrogens with one attached hydrogen (secondary N) is 2. The molecule has 2 N–H and O–H groups in total. The highest BCUT2D eigenvalue weighted by atomic mass is 16.5. The number of fused-ring (bicyclic) bond motifs is 8. The van der Waals surface area contributed by atoms with Gasteiger partial charge in [-0.15, -0.1) is 0 Å². The number of rotatable bonds is 2. The Bertz CT molecular complexity index is 1960. The van der Waals surface area contributed by atoms with Crippen molar-refractivity contribution in [2.75, 3.05) is 26.8 Å². The lowest BCUT2D eigenvalue weighted by Gasteiger charge is -2.38. The van der Waals surface area contributed by atoms with Crippen molar-refractivity contribution < 1.29 is 28.6 Å². The average Bonchev–Trinajstić information content (AvgIpc) is 3.69. The van der Waals surface area contributed by atoms with Crippen LogP contribution in [-0.4, -0.2) is 75.8 Å². The molecule has 0 aliphatic carbocycles. The number of carbonyl (C=O) groups excluding carboxylic acids is 3. The molecule has 5 aromatic rings. The van der Waals surface area contributed by atoms with Crippen molar-refractivity contribution in [3.05, 3.63) is 102 Å². The van der Waals surface area contributed by atoms with Crippen molar-refractivity contribution >= 4 is 23.4 Å². The molecule has 47 heavy (non-hydrogen) atoms. The Labute approximate surface area is 270 Å². The number of piperidine rings is 1. The Morgan fingerprint density at radius 3 is 2.68 bits per heavy atom. The summed E-state index contributed by atoms with van der Waals surface area (Å²) >= 11 is 0. The number of aromatic nitrogens is 3. The first-order chi connectivity index (χ1) is 22.9. The molecule has 0 spiro atoms. The van der Waals surface area contributed by atoms with Crippen LogP contribution in [0.25, 0.3) is 16.8 Å². The molecule has 5 heterocycles. The van der Waals surface area contributed by atoms with Crippen LogP contribution in [0.5, 0.6) is 17.2 Å². The van der Waals surface area contributed by atoms with Crippen molar-refractivity contribution in [3.8, 4) is 28.4 Å². The zero-order valence-electron chi connectivity index (χ0n) is 26.0. The van der Waals surface area contributed by atoms with E-state index in [0.29, 0.717) is 59.1 Å². The molecule has 3 amide bonds. The number of ether oxygens (including phenoxy) is 3. The average molecular weight is 635 g/mol. The first-order valence-electron chi connectivity index (χ1n) is 15.4. The number of likely N-dealkylation sites (tertiary alicyclic amines) is 1. The largest absolute Gasteiger partial charge is 0.496 e. The molecule has 2 atom stereocenters. The van der Waals surface area contributed by atoms with E-state index < -0.39 is 12.1 Å². The lowest BCUT2D eigenvalue weighted by Crippen LogP contribution is -2.58. The molecule has 8 rings (SSSR count). The molecule has 6 bridgehead atoms. The fourth-order valence-corrected chi connectivity index (χ4v) is 6.11. The van der Waals surface area contributed by atoms with E-state index in [9.17, 15) is 14.4 Å². The predicted molar refractivity (Wildman–Crippen MR) is 173 cm³/mol. The van der Waals surface area contributed by atoms with E-state index in [-0.39, 0.29) is 30.9 Å². The van der Waals surface area contributed by atoms with Gasteiger partial charge in [0.1, 0.15) is 34.6 Å². The number of nitrogens with zero attached hydrogens (tertiary/aromatic N) is 4. The molecule has 1 saturated heterocycles. The Morgan fingerprint density at radius 2 is 1.85 bits per heavy atom. The van der Waals surface area contributed by atoms with E-state index >= 15 is 0 Å². The molecule has 12 heteroatoms. The minimum absolute atomic E-state index is 0.149. The minimum atomic E-state index is -0.522. The lowest BCUT2D eigenvalue weighted by molar-refractivity contribution is -0.123. The lowest BCUT2D eigenvalue weighted by atomic mass is 9.98. The van der Waals surface area contributed by atoms with Gasteiger partial charge in [-0.1, -0.05) is 24.3 Å². The van der Waals surface area contributed by atoms with Gasteiger partial charge in [-0.3, -0.25) is 14.4 Å². The zero-order valence-corrected chi connectivity index (χ0v) is 26.0. The Morgan fingerprint density at radius 1 is 1.00 bits per heavy atom. The fourth-order valence-electron chi connectivity index (χ4n) is 6.11. The third-order valence-electron chi connectivity index (χ3n) is 8.60. The van der Waals surface area contributed by atoms with Crippen LogP contribution in [0.3, 0.4) is 0 Å². The first-order valence-corrected chi connectivity index (χ1v) is 15.4. The highest BCUT2D eigenvalue weighted by Gasteiger charge is 2.36. The summed E-state index contributed by atoms with van der Waals surface area (Å²) in [5.41, 5.74) is 3.94. The standard InChI is InChI=1S/C35H34N6O6/c1-39-14-15-41-34(39)28(19-37-41)35(44)40-13-12-31-29(20-40)38-33(43)24-8-11-30(45-2)27(17-24)23-4-3-5-26(16-23)46-21-32(42)36-18-22-6-9-25(47-31)10-7-22/h3-11,14-17,19,29,31H,12-13,18,20-21H2,1-2H3,(H,36,42)(H,38,43)/t29-,31-/m1/s1. The van der Waals surface area contributed by atoms with E-state index in [2.05, 4.69) is 15.7 Å².